The van der Waals surface area contributed by atoms with Crippen LogP contribution in [0.1, 0.15) is 74.3 Å². The number of fused-ring (bicyclic) bond motifs is 3. The highest BCUT2D eigenvalue weighted by atomic mass is 35.5. The quantitative estimate of drug-likeness (QED) is 0.160. The van der Waals surface area contributed by atoms with Crippen molar-refractivity contribution in [2.45, 2.75) is 60.0 Å². The van der Waals surface area contributed by atoms with Crippen molar-refractivity contribution in [3.8, 4) is 16.9 Å². The van der Waals surface area contributed by atoms with E-state index in [9.17, 15) is 14.7 Å². The minimum Gasteiger partial charge on any atom is -0.494 e. The molecule has 11 heteroatoms. The van der Waals surface area contributed by atoms with Gasteiger partial charge < -0.3 is 23.7 Å². The van der Waals surface area contributed by atoms with Crippen LogP contribution in [0.25, 0.3) is 22.0 Å². The summed E-state index contributed by atoms with van der Waals surface area (Å²) in [5.74, 6) is -0.284. The van der Waals surface area contributed by atoms with Crippen LogP contribution in [0.2, 0.25) is 10.0 Å². The lowest BCUT2D eigenvalue weighted by molar-refractivity contribution is 0.0635. The highest BCUT2D eigenvalue weighted by Gasteiger charge is 2.36. The maximum Gasteiger partial charge on any atom is 0.371 e. The number of aryl methyl sites for hydroxylation is 5. The lowest BCUT2D eigenvalue weighted by atomic mass is 9.98. The van der Waals surface area contributed by atoms with Crippen LogP contribution in [0.15, 0.2) is 40.8 Å². The Morgan fingerprint density at radius 2 is 1.80 bits per heavy atom. The number of furan rings is 1. The molecule has 46 heavy (non-hydrogen) atoms. The summed E-state index contributed by atoms with van der Waals surface area (Å²) in [6.45, 7) is 11.0. The molecule has 1 aliphatic heterocycles. The number of carboxylic acids is 1. The molecule has 2 aromatic carbocycles. The average Bonchev–Trinajstić information content (AvgIpc) is 3.67. The number of rotatable bonds is 9. The van der Waals surface area contributed by atoms with Crippen molar-refractivity contribution in [3.05, 3.63) is 91.7 Å². The summed E-state index contributed by atoms with van der Waals surface area (Å²) < 4.78 is 15.6. The molecule has 0 bridgehead atoms. The normalized spacial score (nSPS) is 14.7. The standard InChI is InChI=1S/C35H36Cl2N4O5/c1-18-14-24(15-19(2)31(18)37)45-13-7-8-25-26-10-11-27(36)30(29-21(4)38-39(6)22(29)5)32(26)41-20(3)16-40(34(42)33(25)41)17-23-9-12-28(46-23)35(43)44/h9-12,14-15,20H,7-8,13,16-17H2,1-6H3,(H,43,44)/t20-/m1/s1. The zero-order chi connectivity index (χ0) is 33.0. The Bertz CT molecular complexity index is 2000. The number of halogens is 2. The van der Waals surface area contributed by atoms with E-state index in [-0.39, 0.29) is 24.3 Å². The number of amides is 1. The number of nitrogens with zero attached hydrogens (tertiary/aromatic N) is 4. The third-order valence-electron chi connectivity index (χ3n) is 8.86. The zero-order valence-corrected chi connectivity index (χ0v) is 28.2. The van der Waals surface area contributed by atoms with Crippen LogP contribution in [-0.4, -0.2) is 49.4 Å². The van der Waals surface area contributed by atoms with Crippen LogP contribution in [0.5, 0.6) is 5.75 Å². The van der Waals surface area contributed by atoms with Gasteiger partial charge in [-0.25, -0.2) is 4.79 Å². The second-order valence-electron chi connectivity index (χ2n) is 12.1. The van der Waals surface area contributed by atoms with Crippen LogP contribution in [0, 0.1) is 27.7 Å². The first kappa shape index (κ1) is 31.8. The number of hydrogen-bond donors (Lipinski definition) is 1. The second-order valence-corrected chi connectivity index (χ2v) is 12.9. The molecule has 1 atom stereocenters. The fourth-order valence-corrected chi connectivity index (χ4v) is 7.06. The third-order valence-corrected chi connectivity index (χ3v) is 9.77. The molecule has 1 amide bonds. The fraction of sp³-hybridized carbons (Fsp3) is 0.343. The van der Waals surface area contributed by atoms with E-state index in [2.05, 4.69) is 16.6 Å². The summed E-state index contributed by atoms with van der Waals surface area (Å²) in [5, 5.41) is 16.3. The van der Waals surface area contributed by atoms with Gasteiger partial charge >= 0.3 is 5.97 Å². The number of aromatic carboxylic acids is 1. The molecule has 0 radical (unpaired) electrons. The number of benzene rings is 2. The van der Waals surface area contributed by atoms with Gasteiger partial charge in [-0.2, -0.15) is 5.10 Å². The maximum absolute atomic E-state index is 14.4. The first-order valence-corrected chi connectivity index (χ1v) is 16.0. The van der Waals surface area contributed by atoms with Crippen LogP contribution < -0.4 is 4.74 Å². The van der Waals surface area contributed by atoms with E-state index in [1.54, 1.807) is 11.0 Å². The van der Waals surface area contributed by atoms with Crippen molar-refractivity contribution in [2.24, 2.45) is 7.05 Å². The molecular weight excluding hydrogens is 627 g/mol. The smallest absolute Gasteiger partial charge is 0.371 e. The molecule has 0 unspecified atom stereocenters. The first-order chi connectivity index (χ1) is 21.9. The Labute approximate surface area is 277 Å². The van der Waals surface area contributed by atoms with Gasteiger partial charge in [0.1, 0.15) is 17.2 Å². The Morgan fingerprint density at radius 3 is 2.43 bits per heavy atom. The third kappa shape index (κ3) is 5.45. The van der Waals surface area contributed by atoms with E-state index >= 15 is 0 Å². The largest absolute Gasteiger partial charge is 0.494 e. The predicted octanol–water partition coefficient (Wildman–Crippen LogP) is 8.10. The molecule has 0 saturated carbocycles. The molecule has 6 rings (SSSR count). The number of carboxylic acid groups (broad SMARTS) is 1. The monoisotopic (exact) mass is 662 g/mol. The number of hydrogen-bond acceptors (Lipinski definition) is 5. The molecule has 3 aromatic heterocycles. The van der Waals surface area contributed by atoms with E-state index < -0.39 is 5.97 Å². The van der Waals surface area contributed by atoms with Crippen molar-refractivity contribution >= 4 is 46.0 Å². The van der Waals surface area contributed by atoms with Gasteiger partial charge in [0.15, 0.2) is 0 Å². The van der Waals surface area contributed by atoms with Gasteiger partial charge in [-0.3, -0.25) is 9.48 Å². The molecule has 9 nitrogen and oxygen atoms in total. The van der Waals surface area contributed by atoms with Crippen LogP contribution >= 0.6 is 23.2 Å². The van der Waals surface area contributed by atoms with Crippen molar-refractivity contribution in [1.82, 2.24) is 19.2 Å². The average molecular weight is 664 g/mol. The lowest BCUT2D eigenvalue weighted by Crippen LogP contribution is -2.42. The van der Waals surface area contributed by atoms with Gasteiger partial charge in [-0.1, -0.05) is 29.3 Å². The minimum atomic E-state index is -1.15. The molecule has 1 N–H and O–H groups in total. The van der Waals surface area contributed by atoms with Gasteiger partial charge in [0, 0.05) is 46.9 Å². The molecule has 0 aliphatic carbocycles. The molecule has 5 aromatic rings. The van der Waals surface area contributed by atoms with E-state index in [1.165, 1.54) is 6.07 Å². The number of ether oxygens (including phenoxy) is 1. The van der Waals surface area contributed by atoms with E-state index in [0.29, 0.717) is 42.5 Å². The molecule has 240 valence electrons. The summed E-state index contributed by atoms with van der Waals surface area (Å²) in [6.07, 6.45) is 1.25. The zero-order valence-electron chi connectivity index (χ0n) is 26.7. The SMILES string of the molecule is Cc1cc(OCCCc2c3n(c4c(-c5c(C)nn(C)c5C)c(Cl)ccc24)[C@H](C)CN(Cc2ccc(C(=O)O)o2)C3=O)cc(C)c1Cl. The molecule has 4 heterocycles. The number of carbonyl (C=O) groups is 2. The van der Waals surface area contributed by atoms with Gasteiger partial charge in [0.2, 0.25) is 5.76 Å². The van der Waals surface area contributed by atoms with Crippen molar-refractivity contribution in [1.29, 1.82) is 0 Å². The molecule has 1 aliphatic rings. The van der Waals surface area contributed by atoms with Gasteiger partial charge in [0.25, 0.3) is 5.91 Å². The van der Waals surface area contributed by atoms with E-state index in [1.807, 2.05) is 63.7 Å². The molecule has 0 spiro atoms. The van der Waals surface area contributed by atoms with Crippen molar-refractivity contribution in [2.75, 3.05) is 13.2 Å². The first-order valence-electron chi connectivity index (χ1n) is 15.2. The molecule has 0 fully saturated rings. The summed E-state index contributed by atoms with van der Waals surface area (Å²) in [6, 6.07) is 10.7. The fourth-order valence-electron chi connectivity index (χ4n) is 6.71. The Kier molecular flexibility index (Phi) is 8.42. The maximum atomic E-state index is 14.4. The highest BCUT2D eigenvalue weighted by molar-refractivity contribution is 6.35. The predicted molar refractivity (Wildman–Crippen MR) is 178 cm³/mol. The topological polar surface area (TPSA) is 103 Å². The van der Waals surface area contributed by atoms with Crippen molar-refractivity contribution < 1.29 is 23.8 Å². The minimum absolute atomic E-state index is 0.108. The Balaban J connectivity index is 1.43. The van der Waals surface area contributed by atoms with Crippen LogP contribution in [0.4, 0.5) is 0 Å². The number of aromatic nitrogens is 3. The summed E-state index contributed by atoms with van der Waals surface area (Å²) in [4.78, 5) is 27.5. The van der Waals surface area contributed by atoms with Crippen LogP contribution in [-0.2, 0) is 20.0 Å². The summed E-state index contributed by atoms with van der Waals surface area (Å²) in [7, 11) is 1.91. The van der Waals surface area contributed by atoms with Gasteiger partial charge in [-0.15, -0.1) is 0 Å². The Hall–Kier alpha value is -4.21. The highest BCUT2D eigenvalue weighted by Crippen LogP contribution is 2.44. The van der Waals surface area contributed by atoms with Crippen molar-refractivity contribution in [3.63, 3.8) is 0 Å². The molecular formula is C35H36Cl2N4O5. The van der Waals surface area contributed by atoms with E-state index in [4.69, 9.17) is 32.4 Å². The van der Waals surface area contributed by atoms with Gasteiger partial charge in [-0.05, 0) is 94.5 Å². The summed E-state index contributed by atoms with van der Waals surface area (Å²) in [5.41, 5.74) is 8.01. The Morgan fingerprint density at radius 1 is 1.09 bits per heavy atom. The van der Waals surface area contributed by atoms with Gasteiger partial charge in [0.05, 0.1) is 29.4 Å². The number of carbonyl (C=O) groups excluding carboxylic acids is 1. The van der Waals surface area contributed by atoms with E-state index in [0.717, 1.165) is 60.9 Å². The molecule has 0 saturated heterocycles. The van der Waals surface area contributed by atoms with Crippen LogP contribution in [0.3, 0.4) is 0 Å². The summed E-state index contributed by atoms with van der Waals surface area (Å²) >= 11 is 13.3. The second kappa shape index (κ2) is 12.2. The lowest BCUT2D eigenvalue weighted by Gasteiger charge is -2.34.